The predicted molar refractivity (Wildman–Crippen MR) is 72.7 cm³/mol. The van der Waals surface area contributed by atoms with E-state index in [1.54, 1.807) is 0 Å². The molecule has 0 aliphatic heterocycles. The quantitative estimate of drug-likeness (QED) is 0.545. The van der Waals surface area contributed by atoms with Crippen molar-refractivity contribution in [3.05, 3.63) is 0 Å². The second-order valence-electron chi connectivity index (χ2n) is 5.47. The Morgan fingerprint density at radius 2 is 1.50 bits per heavy atom. The lowest BCUT2D eigenvalue weighted by Crippen LogP contribution is -2.22. The fraction of sp³-hybridized carbons (Fsp3) is 1.00. The van der Waals surface area contributed by atoms with Crippen LogP contribution in [0.25, 0.3) is 0 Å². The van der Waals surface area contributed by atoms with E-state index in [4.69, 9.17) is 4.74 Å². The highest BCUT2D eigenvalue weighted by Gasteiger charge is 2.20. The summed E-state index contributed by atoms with van der Waals surface area (Å²) in [6.45, 7) is 14.6. The molecule has 0 bridgehead atoms. The number of ether oxygens (including phenoxy) is 1. The van der Waals surface area contributed by atoms with E-state index in [0.717, 1.165) is 30.8 Å². The average molecular weight is 228 g/mol. The van der Waals surface area contributed by atoms with Crippen LogP contribution in [0.4, 0.5) is 0 Å². The molecule has 0 spiro atoms. The first-order chi connectivity index (χ1) is 7.54. The minimum absolute atomic E-state index is 0.474. The molecule has 1 heteroatoms. The van der Waals surface area contributed by atoms with E-state index in [9.17, 15) is 0 Å². The summed E-state index contributed by atoms with van der Waals surface area (Å²) < 4.78 is 5.79. The first-order valence-electron chi connectivity index (χ1n) is 7.16. The van der Waals surface area contributed by atoms with Crippen LogP contribution in [0.3, 0.4) is 0 Å². The van der Waals surface area contributed by atoms with Gasteiger partial charge in [-0.05, 0) is 43.9 Å². The van der Waals surface area contributed by atoms with Gasteiger partial charge in [0.15, 0.2) is 0 Å². The van der Waals surface area contributed by atoms with Crippen LogP contribution in [0.15, 0.2) is 0 Å². The van der Waals surface area contributed by atoms with Crippen LogP contribution in [0.5, 0.6) is 0 Å². The Hall–Kier alpha value is -0.0400. The molecule has 0 rings (SSSR count). The van der Waals surface area contributed by atoms with E-state index >= 15 is 0 Å². The molecule has 0 heterocycles. The van der Waals surface area contributed by atoms with E-state index in [1.165, 1.54) is 19.3 Å². The second-order valence-corrected chi connectivity index (χ2v) is 5.47. The number of hydrogen-bond acceptors (Lipinski definition) is 1. The fourth-order valence-electron chi connectivity index (χ4n) is 2.25. The molecule has 16 heavy (non-hydrogen) atoms. The maximum atomic E-state index is 5.79. The van der Waals surface area contributed by atoms with Crippen molar-refractivity contribution in [3.63, 3.8) is 0 Å². The molecule has 0 fully saturated rings. The van der Waals surface area contributed by atoms with Gasteiger partial charge >= 0.3 is 0 Å². The highest BCUT2D eigenvalue weighted by Crippen LogP contribution is 2.28. The van der Waals surface area contributed by atoms with Gasteiger partial charge in [0.05, 0.1) is 6.10 Å². The van der Waals surface area contributed by atoms with E-state index < -0.39 is 0 Å². The van der Waals surface area contributed by atoms with Crippen LogP contribution in [0, 0.1) is 17.8 Å². The summed E-state index contributed by atoms with van der Waals surface area (Å²) in [5.41, 5.74) is 0. The van der Waals surface area contributed by atoms with Crippen molar-refractivity contribution in [2.24, 2.45) is 17.8 Å². The third-order valence-corrected chi connectivity index (χ3v) is 3.77. The maximum absolute atomic E-state index is 5.79. The highest BCUT2D eigenvalue weighted by molar-refractivity contribution is 4.71. The van der Waals surface area contributed by atoms with Crippen LogP contribution >= 0.6 is 0 Å². The minimum atomic E-state index is 0.474. The van der Waals surface area contributed by atoms with E-state index in [-0.39, 0.29) is 0 Å². The summed E-state index contributed by atoms with van der Waals surface area (Å²) in [5.74, 6) is 2.46. The van der Waals surface area contributed by atoms with Gasteiger partial charge in [0.2, 0.25) is 0 Å². The van der Waals surface area contributed by atoms with Gasteiger partial charge in [0.1, 0.15) is 0 Å². The molecule has 0 amide bonds. The van der Waals surface area contributed by atoms with Crippen molar-refractivity contribution in [1.82, 2.24) is 0 Å². The molecule has 98 valence electrons. The van der Waals surface area contributed by atoms with Gasteiger partial charge in [-0.3, -0.25) is 0 Å². The van der Waals surface area contributed by atoms with Crippen LogP contribution in [0.2, 0.25) is 0 Å². The van der Waals surface area contributed by atoms with Crippen LogP contribution in [-0.4, -0.2) is 12.7 Å². The Kier molecular flexibility index (Phi) is 9.02. The first-order valence-corrected chi connectivity index (χ1v) is 7.16. The van der Waals surface area contributed by atoms with Crippen molar-refractivity contribution in [2.75, 3.05) is 6.61 Å². The normalized spacial score (nSPS) is 17.4. The molecule has 0 radical (unpaired) electrons. The van der Waals surface area contributed by atoms with Crippen molar-refractivity contribution >= 4 is 0 Å². The predicted octanol–water partition coefficient (Wildman–Crippen LogP) is 4.90. The van der Waals surface area contributed by atoms with Crippen LogP contribution in [0.1, 0.15) is 67.2 Å². The molecule has 0 aromatic carbocycles. The monoisotopic (exact) mass is 228 g/mol. The fourth-order valence-corrected chi connectivity index (χ4v) is 2.25. The largest absolute Gasteiger partial charge is 0.379 e. The lowest BCUT2D eigenvalue weighted by atomic mass is 9.82. The molecule has 0 saturated heterocycles. The van der Waals surface area contributed by atoms with Crippen molar-refractivity contribution in [2.45, 2.75) is 73.3 Å². The standard InChI is InChI=1S/C15H32O/c1-7-13(6)10-14(12(4)5)11-15(8-2)16-9-3/h12-15H,7-11H2,1-6H3. The summed E-state index contributed by atoms with van der Waals surface area (Å²) in [5, 5.41) is 0. The van der Waals surface area contributed by atoms with Gasteiger partial charge in [0, 0.05) is 6.61 Å². The van der Waals surface area contributed by atoms with Gasteiger partial charge in [-0.2, -0.15) is 0 Å². The topological polar surface area (TPSA) is 9.23 Å². The van der Waals surface area contributed by atoms with E-state index in [2.05, 4.69) is 41.5 Å². The molecule has 0 saturated carbocycles. The third kappa shape index (κ3) is 6.52. The lowest BCUT2D eigenvalue weighted by Gasteiger charge is -2.27. The SMILES string of the molecule is CCOC(CC)CC(CC(C)CC)C(C)C. The zero-order chi connectivity index (χ0) is 12.6. The Balaban J connectivity index is 4.19. The molecular weight excluding hydrogens is 196 g/mol. The molecule has 0 aliphatic rings. The summed E-state index contributed by atoms with van der Waals surface area (Å²) in [4.78, 5) is 0. The zero-order valence-corrected chi connectivity index (χ0v) is 12.3. The van der Waals surface area contributed by atoms with Gasteiger partial charge in [-0.15, -0.1) is 0 Å². The van der Waals surface area contributed by atoms with Gasteiger partial charge in [-0.25, -0.2) is 0 Å². The smallest absolute Gasteiger partial charge is 0.0575 e. The zero-order valence-electron chi connectivity index (χ0n) is 12.3. The van der Waals surface area contributed by atoms with Crippen molar-refractivity contribution in [1.29, 1.82) is 0 Å². The molecule has 0 N–H and O–H groups in total. The molecule has 0 aliphatic carbocycles. The molecule has 3 unspecified atom stereocenters. The summed E-state index contributed by atoms with van der Waals surface area (Å²) in [6.07, 6.45) is 5.53. The van der Waals surface area contributed by atoms with E-state index in [0.29, 0.717) is 6.10 Å². The van der Waals surface area contributed by atoms with Crippen molar-refractivity contribution < 1.29 is 4.74 Å². The van der Waals surface area contributed by atoms with Crippen molar-refractivity contribution in [3.8, 4) is 0 Å². The van der Waals surface area contributed by atoms with Crippen LogP contribution in [-0.2, 0) is 4.74 Å². The Bertz CT molecular complexity index is 154. The summed E-state index contributed by atoms with van der Waals surface area (Å²) in [6, 6.07) is 0. The van der Waals surface area contributed by atoms with Gasteiger partial charge in [-0.1, -0.05) is 41.0 Å². The first kappa shape index (κ1) is 16.0. The minimum Gasteiger partial charge on any atom is -0.379 e. The number of hydrogen-bond donors (Lipinski definition) is 0. The molecule has 3 atom stereocenters. The van der Waals surface area contributed by atoms with Crippen LogP contribution < -0.4 is 0 Å². The average Bonchev–Trinajstić information content (AvgIpc) is 2.26. The highest BCUT2D eigenvalue weighted by atomic mass is 16.5. The second kappa shape index (κ2) is 9.04. The lowest BCUT2D eigenvalue weighted by molar-refractivity contribution is 0.0330. The summed E-state index contributed by atoms with van der Waals surface area (Å²) >= 11 is 0. The Morgan fingerprint density at radius 1 is 0.875 bits per heavy atom. The molecule has 0 aromatic heterocycles. The Labute approximate surface area is 103 Å². The molecular formula is C15H32O. The van der Waals surface area contributed by atoms with Gasteiger partial charge in [0.25, 0.3) is 0 Å². The molecule has 1 nitrogen and oxygen atoms in total. The Morgan fingerprint density at radius 3 is 1.88 bits per heavy atom. The molecule has 0 aromatic rings. The number of rotatable bonds is 9. The van der Waals surface area contributed by atoms with E-state index in [1.807, 2.05) is 0 Å². The van der Waals surface area contributed by atoms with Gasteiger partial charge < -0.3 is 4.74 Å². The summed E-state index contributed by atoms with van der Waals surface area (Å²) in [7, 11) is 0. The maximum Gasteiger partial charge on any atom is 0.0575 e. The third-order valence-electron chi connectivity index (χ3n) is 3.77.